The summed E-state index contributed by atoms with van der Waals surface area (Å²) in [6.45, 7) is 5.75. The first kappa shape index (κ1) is 25.4. The Hall–Kier alpha value is -2.72. The average molecular weight is 498 g/mol. The van der Waals surface area contributed by atoms with Crippen molar-refractivity contribution in [3.05, 3.63) is 11.6 Å². The Morgan fingerprint density at radius 3 is 2.60 bits per heavy atom. The minimum atomic E-state index is -3.10. The van der Waals surface area contributed by atoms with E-state index in [1.165, 1.54) is 4.90 Å². The Bertz CT molecular complexity index is 931. The maximum Gasteiger partial charge on any atom is 0.411 e. The highest BCUT2D eigenvalue weighted by Gasteiger charge is 2.61. The summed E-state index contributed by atoms with van der Waals surface area (Å²) in [7, 11) is 0. The fourth-order valence-electron chi connectivity index (χ4n) is 5.54. The predicted molar refractivity (Wildman–Crippen MR) is 119 cm³/mol. The van der Waals surface area contributed by atoms with Gasteiger partial charge in [-0.2, -0.15) is 0 Å². The number of nitrogens with zero attached hydrogens (tertiary/aromatic N) is 1. The summed E-state index contributed by atoms with van der Waals surface area (Å²) in [6, 6.07) is -2.99. The maximum absolute atomic E-state index is 14.9. The first-order valence-corrected chi connectivity index (χ1v) is 12.2. The standard InChI is InChI=1S/C24H33F2N3O6/c1-23(2,3)35-22(33)29-16-4-5-17(24(25,26)12-16)18(29)20(31)28-15(10-13-6-8-27-19(13)30)11-14-7-9-34-21(14)32/h11,13,15-18H,4-10,12H2,1-3H3,(H,27,30)(H,28,31)/b14-11-/t13-,15-,16-,17-,18+/m0/s1. The predicted octanol–water partition coefficient (Wildman–Crippen LogP) is 2.29. The number of fused-ring (bicyclic) bond motifs is 3. The second-order valence-corrected chi connectivity index (χ2v) is 10.8. The van der Waals surface area contributed by atoms with Crippen molar-refractivity contribution in [2.45, 2.75) is 88.9 Å². The van der Waals surface area contributed by atoms with Crippen LogP contribution in [0.3, 0.4) is 0 Å². The zero-order valence-corrected chi connectivity index (χ0v) is 20.3. The third-order valence-corrected chi connectivity index (χ3v) is 7.11. The Balaban J connectivity index is 1.60. The molecule has 2 N–H and O–H groups in total. The molecule has 0 aromatic carbocycles. The molecule has 2 bridgehead atoms. The van der Waals surface area contributed by atoms with Gasteiger partial charge < -0.3 is 20.1 Å². The molecule has 4 aliphatic heterocycles. The number of piperidine rings is 2. The molecule has 5 aliphatic rings. The van der Waals surface area contributed by atoms with E-state index in [0.717, 1.165) is 0 Å². The number of ether oxygens (including phenoxy) is 2. The number of rotatable bonds is 5. The van der Waals surface area contributed by atoms with Crippen molar-refractivity contribution in [1.82, 2.24) is 15.5 Å². The zero-order chi connectivity index (χ0) is 25.5. The summed E-state index contributed by atoms with van der Waals surface area (Å²) in [5.74, 6) is -6.23. The Kier molecular flexibility index (Phi) is 6.80. The summed E-state index contributed by atoms with van der Waals surface area (Å²) in [6.07, 6.45) is 1.85. The molecule has 3 amide bonds. The van der Waals surface area contributed by atoms with Crippen LogP contribution < -0.4 is 10.6 Å². The van der Waals surface area contributed by atoms with Gasteiger partial charge in [0, 0.05) is 43.0 Å². The molecule has 0 aromatic rings. The van der Waals surface area contributed by atoms with Crippen LogP contribution in [0.25, 0.3) is 0 Å². The fraction of sp³-hybridized carbons (Fsp3) is 0.750. The number of hydrogen-bond acceptors (Lipinski definition) is 6. The van der Waals surface area contributed by atoms with Crippen LogP contribution in [0.5, 0.6) is 0 Å². The molecule has 5 atom stereocenters. The van der Waals surface area contributed by atoms with Gasteiger partial charge in [-0.05, 0) is 46.5 Å². The van der Waals surface area contributed by atoms with Crippen molar-refractivity contribution >= 4 is 23.9 Å². The van der Waals surface area contributed by atoms with Crippen LogP contribution in [0.15, 0.2) is 11.6 Å². The number of alkyl halides is 2. The smallest absolute Gasteiger partial charge is 0.411 e. The highest BCUT2D eigenvalue weighted by molar-refractivity contribution is 5.91. The molecule has 4 saturated heterocycles. The Morgan fingerprint density at radius 2 is 2.03 bits per heavy atom. The zero-order valence-electron chi connectivity index (χ0n) is 20.3. The van der Waals surface area contributed by atoms with Crippen molar-refractivity contribution in [2.75, 3.05) is 13.2 Å². The Morgan fingerprint density at radius 1 is 1.29 bits per heavy atom. The lowest BCUT2D eigenvalue weighted by Crippen LogP contribution is -2.69. The summed E-state index contributed by atoms with van der Waals surface area (Å²) < 4.78 is 40.2. The van der Waals surface area contributed by atoms with E-state index < -0.39 is 60.0 Å². The quantitative estimate of drug-likeness (QED) is 0.445. The molecule has 35 heavy (non-hydrogen) atoms. The number of carbonyl (C=O) groups excluding carboxylic acids is 4. The van der Waals surface area contributed by atoms with E-state index >= 15 is 0 Å². The van der Waals surface area contributed by atoms with Crippen LogP contribution in [0.4, 0.5) is 13.6 Å². The molecule has 5 rings (SSSR count). The van der Waals surface area contributed by atoms with Crippen LogP contribution in [0.2, 0.25) is 0 Å². The molecule has 0 radical (unpaired) electrons. The summed E-state index contributed by atoms with van der Waals surface area (Å²) in [5.41, 5.74) is -0.489. The monoisotopic (exact) mass is 497 g/mol. The lowest BCUT2D eigenvalue weighted by atomic mass is 9.71. The van der Waals surface area contributed by atoms with Gasteiger partial charge in [0.1, 0.15) is 11.6 Å². The molecule has 5 fully saturated rings. The lowest BCUT2D eigenvalue weighted by molar-refractivity contribution is -0.184. The number of nitrogens with one attached hydrogen (secondary N) is 2. The van der Waals surface area contributed by atoms with Gasteiger partial charge in [0.25, 0.3) is 5.92 Å². The number of hydrogen-bond donors (Lipinski definition) is 2. The van der Waals surface area contributed by atoms with E-state index in [9.17, 15) is 28.0 Å². The average Bonchev–Trinajstić information content (AvgIpc) is 3.33. The number of carbonyl (C=O) groups is 4. The molecule has 0 unspecified atom stereocenters. The van der Waals surface area contributed by atoms with Gasteiger partial charge in [0.05, 0.1) is 12.5 Å². The largest absolute Gasteiger partial charge is 0.462 e. The molecule has 11 heteroatoms. The van der Waals surface area contributed by atoms with E-state index in [-0.39, 0.29) is 31.3 Å². The van der Waals surface area contributed by atoms with Gasteiger partial charge in [-0.1, -0.05) is 6.08 Å². The molecule has 9 nitrogen and oxygen atoms in total. The molecule has 1 aliphatic carbocycles. The SMILES string of the molecule is CC(C)(C)OC(=O)N1[C@H]2CC[C@@H]([C@@H]1C(=O)N[C@H](/C=C1/CCOC1=O)C[C@@H]1CCNC1=O)C(F)(F)C2. The number of cyclic esters (lactones) is 1. The third kappa shape index (κ3) is 5.43. The molecule has 0 spiro atoms. The van der Waals surface area contributed by atoms with Gasteiger partial charge in [-0.15, -0.1) is 0 Å². The first-order valence-electron chi connectivity index (χ1n) is 12.2. The first-order chi connectivity index (χ1) is 16.4. The third-order valence-electron chi connectivity index (χ3n) is 7.11. The summed E-state index contributed by atoms with van der Waals surface area (Å²) in [5, 5.41) is 5.50. The summed E-state index contributed by atoms with van der Waals surface area (Å²) >= 11 is 0. The molecule has 4 heterocycles. The highest BCUT2D eigenvalue weighted by Crippen LogP contribution is 2.49. The minimum absolute atomic E-state index is 0.109. The minimum Gasteiger partial charge on any atom is -0.462 e. The second-order valence-electron chi connectivity index (χ2n) is 10.8. The van der Waals surface area contributed by atoms with Gasteiger partial charge >= 0.3 is 12.1 Å². The van der Waals surface area contributed by atoms with Gasteiger partial charge in [0.2, 0.25) is 11.8 Å². The maximum atomic E-state index is 14.9. The fourth-order valence-corrected chi connectivity index (χ4v) is 5.54. The van der Waals surface area contributed by atoms with Crippen molar-refractivity contribution in [2.24, 2.45) is 11.8 Å². The highest BCUT2D eigenvalue weighted by atomic mass is 19.3. The number of halogens is 2. The van der Waals surface area contributed by atoms with Gasteiger partial charge in [0.15, 0.2) is 0 Å². The van der Waals surface area contributed by atoms with Crippen LogP contribution in [-0.2, 0) is 23.9 Å². The van der Waals surface area contributed by atoms with Crippen LogP contribution in [-0.4, -0.2) is 71.6 Å². The number of amides is 3. The lowest BCUT2D eigenvalue weighted by Gasteiger charge is -2.53. The molecule has 194 valence electrons. The van der Waals surface area contributed by atoms with Crippen LogP contribution in [0, 0.1) is 11.8 Å². The molecule has 0 aromatic heterocycles. The van der Waals surface area contributed by atoms with E-state index in [1.807, 2.05) is 0 Å². The number of esters is 1. The van der Waals surface area contributed by atoms with Crippen molar-refractivity contribution in [3.8, 4) is 0 Å². The van der Waals surface area contributed by atoms with E-state index in [2.05, 4.69) is 10.6 Å². The normalized spacial score (nSPS) is 31.8. The molecular formula is C24H33F2N3O6. The summed E-state index contributed by atoms with van der Waals surface area (Å²) in [4.78, 5) is 51.9. The van der Waals surface area contributed by atoms with Gasteiger partial charge in [-0.3, -0.25) is 14.5 Å². The van der Waals surface area contributed by atoms with Crippen molar-refractivity contribution < 1.29 is 37.4 Å². The van der Waals surface area contributed by atoms with E-state index in [4.69, 9.17) is 9.47 Å². The van der Waals surface area contributed by atoms with Crippen molar-refractivity contribution in [3.63, 3.8) is 0 Å². The van der Waals surface area contributed by atoms with Crippen LogP contribution >= 0.6 is 0 Å². The van der Waals surface area contributed by atoms with E-state index in [0.29, 0.717) is 31.4 Å². The van der Waals surface area contributed by atoms with Crippen molar-refractivity contribution in [1.29, 1.82) is 0 Å². The van der Waals surface area contributed by atoms with Crippen LogP contribution in [0.1, 0.15) is 59.3 Å². The van der Waals surface area contributed by atoms with E-state index in [1.54, 1.807) is 26.8 Å². The molecule has 1 saturated carbocycles. The topological polar surface area (TPSA) is 114 Å². The van der Waals surface area contributed by atoms with Gasteiger partial charge in [-0.25, -0.2) is 18.4 Å². The molecular weight excluding hydrogens is 464 g/mol. The Labute approximate surface area is 202 Å². The second kappa shape index (κ2) is 9.39.